The lowest BCUT2D eigenvalue weighted by Crippen LogP contribution is -2.56. The van der Waals surface area contributed by atoms with Gasteiger partial charge in [0.15, 0.2) is 0 Å². The fraction of sp³-hybridized carbons (Fsp3) is 0.778. The van der Waals surface area contributed by atoms with E-state index in [1.165, 1.54) is 6.26 Å². The second-order valence-corrected chi connectivity index (χ2v) is 14.4. The van der Waals surface area contributed by atoms with E-state index in [1.54, 1.807) is 6.20 Å². The summed E-state index contributed by atoms with van der Waals surface area (Å²) in [6.07, 6.45) is 3.77. The Morgan fingerprint density at radius 2 is 1.92 bits per heavy atom. The van der Waals surface area contributed by atoms with Gasteiger partial charge in [-0.05, 0) is 18.8 Å². The number of hydrogen-bond donors (Lipinski definition) is 2. The summed E-state index contributed by atoms with van der Waals surface area (Å²) in [6, 6.07) is -0.163. The Hall–Kier alpha value is -2.31. The van der Waals surface area contributed by atoms with Crippen LogP contribution in [0.3, 0.4) is 0 Å². The number of morpholine rings is 1. The third-order valence-corrected chi connectivity index (χ3v) is 7.97. The molecular weight excluding hydrogens is 520 g/mol. The highest BCUT2D eigenvalue weighted by atomic mass is 32.2. The summed E-state index contributed by atoms with van der Waals surface area (Å²) in [7, 11) is -3.09. The maximum Gasteiger partial charge on any atom is 0.259 e. The molecule has 220 valence electrons. The highest BCUT2D eigenvalue weighted by Gasteiger charge is 2.36. The van der Waals surface area contributed by atoms with Crippen molar-refractivity contribution in [1.29, 1.82) is 0 Å². The molecule has 12 heteroatoms. The summed E-state index contributed by atoms with van der Waals surface area (Å²) in [6.45, 7) is 14.5. The van der Waals surface area contributed by atoms with E-state index >= 15 is 0 Å². The number of sulfone groups is 1. The van der Waals surface area contributed by atoms with Crippen LogP contribution in [0.25, 0.3) is 0 Å². The first-order valence-corrected chi connectivity index (χ1v) is 16.0. The van der Waals surface area contributed by atoms with Gasteiger partial charge in [0.05, 0.1) is 24.9 Å². The Balaban J connectivity index is 1.85. The molecule has 0 aromatic carbocycles. The van der Waals surface area contributed by atoms with Gasteiger partial charge in [-0.1, -0.05) is 34.6 Å². The number of hydrogen-bond acceptors (Lipinski definition) is 9. The fourth-order valence-corrected chi connectivity index (χ4v) is 5.58. The summed E-state index contributed by atoms with van der Waals surface area (Å²) >= 11 is 0. The van der Waals surface area contributed by atoms with E-state index < -0.39 is 9.84 Å². The number of piperidine rings is 1. The molecule has 0 saturated carbocycles. The van der Waals surface area contributed by atoms with Crippen LogP contribution in [0.2, 0.25) is 0 Å². The zero-order chi connectivity index (χ0) is 28.8. The normalized spacial score (nSPS) is 20.6. The minimum Gasteiger partial charge on any atom is -0.378 e. The first kappa shape index (κ1) is 31.2. The van der Waals surface area contributed by atoms with Gasteiger partial charge in [-0.25, -0.2) is 18.4 Å². The minimum atomic E-state index is -3.09. The molecule has 0 bridgehead atoms. The second-order valence-electron chi connectivity index (χ2n) is 12.1. The lowest BCUT2D eigenvalue weighted by Gasteiger charge is -2.40. The van der Waals surface area contributed by atoms with Crippen LogP contribution < -0.4 is 10.6 Å². The number of carbonyl (C=O) groups is 2. The molecule has 1 aromatic rings. The predicted octanol–water partition coefficient (Wildman–Crippen LogP) is 1.56. The number of ether oxygens (including phenoxy) is 1. The van der Waals surface area contributed by atoms with Crippen molar-refractivity contribution in [1.82, 2.24) is 25.1 Å². The van der Waals surface area contributed by atoms with Gasteiger partial charge in [0, 0.05) is 63.2 Å². The molecular formula is C27H46N6O5S. The zero-order valence-electron chi connectivity index (χ0n) is 24.3. The van der Waals surface area contributed by atoms with Crippen molar-refractivity contribution in [2.24, 2.45) is 11.8 Å². The first-order valence-electron chi connectivity index (χ1n) is 13.9. The first-order chi connectivity index (χ1) is 18.3. The van der Waals surface area contributed by atoms with Crippen molar-refractivity contribution in [3.8, 4) is 0 Å². The summed E-state index contributed by atoms with van der Waals surface area (Å²) in [4.78, 5) is 40.3. The monoisotopic (exact) mass is 566 g/mol. The number of nitrogens with one attached hydrogen (secondary N) is 2. The van der Waals surface area contributed by atoms with E-state index in [1.807, 2.05) is 30.6 Å². The molecule has 2 N–H and O–H groups in total. The molecule has 2 aliphatic rings. The Labute approximate surface area is 233 Å². The Bertz CT molecular complexity index is 1100. The van der Waals surface area contributed by atoms with Crippen LogP contribution in [0.5, 0.6) is 0 Å². The van der Waals surface area contributed by atoms with Crippen LogP contribution in [0.4, 0.5) is 5.82 Å². The van der Waals surface area contributed by atoms with Gasteiger partial charge >= 0.3 is 0 Å². The second kappa shape index (κ2) is 13.4. The van der Waals surface area contributed by atoms with Crippen molar-refractivity contribution < 1.29 is 22.7 Å². The molecule has 39 heavy (non-hydrogen) atoms. The summed E-state index contributed by atoms with van der Waals surface area (Å²) in [5, 5.41) is 6.60. The molecule has 2 aliphatic heterocycles. The van der Waals surface area contributed by atoms with E-state index in [4.69, 9.17) is 9.72 Å². The number of carbonyl (C=O) groups excluding carboxylic acids is 2. The van der Waals surface area contributed by atoms with E-state index in [0.717, 1.165) is 0 Å². The SMILES string of the molecule is CC(C)CN(C(=O)c1cnc(C(C)(C)C)nc1NCCCS(C)(=O)=O)[C@@H]1CNC[C@H](C(=O)N2CCOCC2)C1. The quantitative estimate of drug-likeness (QED) is 0.405. The lowest BCUT2D eigenvalue weighted by atomic mass is 9.92. The van der Waals surface area contributed by atoms with Crippen LogP contribution in [-0.4, -0.2) is 111 Å². The molecule has 0 radical (unpaired) electrons. The molecule has 0 spiro atoms. The van der Waals surface area contributed by atoms with Gasteiger partial charge < -0.3 is 25.2 Å². The van der Waals surface area contributed by atoms with Crippen LogP contribution in [0.15, 0.2) is 6.20 Å². The van der Waals surface area contributed by atoms with Crippen molar-refractivity contribution in [2.75, 3.05) is 69.8 Å². The molecule has 11 nitrogen and oxygen atoms in total. The number of rotatable bonds is 10. The van der Waals surface area contributed by atoms with Gasteiger partial charge in [0.25, 0.3) is 5.91 Å². The predicted molar refractivity (Wildman–Crippen MR) is 152 cm³/mol. The van der Waals surface area contributed by atoms with Crippen LogP contribution in [0, 0.1) is 11.8 Å². The third-order valence-electron chi connectivity index (χ3n) is 6.94. The van der Waals surface area contributed by atoms with Gasteiger partial charge in [-0.2, -0.15) is 0 Å². The highest BCUT2D eigenvalue weighted by Crippen LogP contribution is 2.26. The molecule has 2 atom stereocenters. The Morgan fingerprint density at radius 3 is 2.54 bits per heavy atom. The molecule has 2 saturated heterocycles. The molecule has 0 unspecified atom stereocenters. The number of amides is 2. The Morgan fingerprint density at radius 1 is 1.23 bits per heavy atom. The standard InChI is InChI=1S/C27H46N6O5S/c1-19(2)18-33(21-14-20(15-28-16-21)24(34)32-9-11-38-12-10-32)25(35)22-17-30-26(27(3,4)5)31-23(22)29-8-7-13-39(6,36)37/h17,19-21,28H,7-16,18H2,1-6H3,(H,29,30,31)/t20-,21+/m1/s1. The maximum atomic E-state index is 14.1. The molecule has 3 heterocycles. The van der Waals surface area contributed by atoms with Crippen LogP contribution in [-0.2, 0) is 24.8 Å². The van der Waals surface area contributed by atoms with Gasteiger partial charge in [0.1, 0.15) is 27.0 Å². The van der Waals surface area contributed by atoms with Crippen LogP contribution >= 0.6 is 0 Å². The topological polar surface area (TPSA) is 134 Å². The smallest absolute Gasteiger partial charge is 0.259 e. The third kappa shape index (κ3) is 9.11. The van der Waals surface area contributed by atoms with E-state index in [2.05, 4.69) is 29.5 Å². The minimum absolute atomic E-state index is 0.0479. The van der Waals surface area contributed by atoms with E-state index in [0.29, 0.717) is 82.5 Å². The number of aromatic nitrogens is 2. The van der Waals surface area contributed by atoms with Gasteiger partial charge in [-0.3, -0.25) is 9.59 Å². The maximum absolute atomic E-state index is 14.1. The number of nitrogens with zero attached hydrogens (tertiary/aromatic N) is 4. The molecule has 2 fully saturated rings. The van der Waals surface area contributed by atoms with E-state index in [-0.39, 0.29) is 40.9 Å². The Kier molecular flexibility index (Phi) is 10.7. The fourth-order valence-electron chi connectivity index (χ4n) is 4.91. The van der Waals surface area contributed by atoms with Crippen molar-refractivity contribution in [3.63, 3.8) is 0 Å². The van der Waals surface area contributed by atoms with Gasteiger partial charge in [0.2, 0.25) is 5.91 Å². The largest absolute Gasteiger partial charge is 0.378 e. The average molecular weight is 567 g/mol. The van der Waals surface area contributed by atoms with Crippen molar-refractivity contribution in [2.45, 2.75) is 58.9 Å². The number of anilines is 1. The molecule has 0 aliphatic carbocycles. The van der Waals surface area contributed by atoms with Gasteiger partial charge in [-0.15, -0.1) is 0 Å². The van der Waals surface area contributed by atoms with Crippen molar-refractivity contribution in [3.05, 3.63) is 17.6 Å². The average Bonchev–Trinajstić information content (AvgIpc) is 2.88. The lowest BCUT2D eigenvalue weighted by molar-refractivity contribution is -0.140. The molecule has 3 rings (SSSR count). The zero-order valence-corrected chi connectivity index (χ0v) is 25.1. The van der Waals surface area contributed by atoms with Crippen molar-refractivity contribution >= 4 is 27.5 Å². The van der Waals surface area contributed by atoms with Crippen LogP contribution in [0.1, 0.15) is 63.6 Å². The molecule has 1 aromatic heterocycles. The highest BCUT2D eigenvalue weighted by molar-refractivity contribution is 7.90. The summed E-state index contributed by atoms with van der Waals surface area (Å²) in [5.74, 6) is 0.969. The van der Waals surface area contributed by atoms with E-state index in [9.17, 15) is 18.0 Å². The summed E-state index contributed by atoms with van der Waals surface area (Å²) < 4.78 is 28.6. The molecule has 2 amide bonds. The summed E-state index contributed by atoms with van der Waals surface area (Å²) in [5.41, 5.74) is 0.0209.